The summed E-state index contributed by atoms with van der Waals surface area (Å²) in [6.45, 7) is 1.86. The van der Waals surface area contributed by atoms with E-state index in [4.69, 9.17) is 11.2 Å². The Balaban J connectivity index is 1.74. The molecule has 1 N–H and O–H groups in total. The maximum Gasteiger partial charge on any atom is 0.0756 e. The molecule has 1 saturated heterocycles. The average molecular weight is 179 g/mol. The Hall–Kier alpha value is -0.520. The zero-order valence-corrected chi connectivity index (χ0v) is 7.96. The molecule has 1 saturated carbocycles. The van der Waals surface area contributed by atoms with Crippen LogP contribution in [0.25, 0.3) is 0 Å². The molecule has 2 atom stereocenters. The van der Waals surface area contributed by atoms with Gasteiger partial charge in [-0.1, -0.05) is 0 Å². The minimum atomic E-state index is 0.484. The lowest BCUT2D eigenvalue weighted by Crippen LogP contribution is -2.38. The molecule has 0 aromatic carbocycles. The molecule has 0 spiro atoms. The first kappa shape index (κ1) is 9.05. The molecule has 1 aliphatic carbocycles. The quantitative estimate of drug-likeness (QED) is 0.516. The minimum Gasteiger partial charge on any atom is -0.376 e. The fourth-order valence-electron chi connectivity index (χ4n) is 2.05. The summed E-state index contributed by atoms with van der Waals surface area (Å²) in [7, 11) is 0. The van der Waals surface area contributed by atoms with Crippen molar-refractivity contribution in [3.05, 3.63) is 0 Å². The van der Waals surface area contributed by atoms with Crippen LogP contribution in [0.3, 0.4) is 0 Å². The van der Waals surface area contributed by atoms with Gasteiger partial charge in [-0.3, -0.25) is 0 Å². The molecule has 0 aromatic rings. The Kier molecular flexibility index (Phi) is 2.87. The largest absolute Gasteiger partial charge is 0.376 e. The highest BCUT2D eigenvalue weighted by atomic mass is 16.5. The summed E-state index contributed by atoms with van der Waals surface area (Å²) < 4.78 is 5.71. The van der Waals surface area contributed by atoms with Crippen molar-refractivity contribution >= 4 is 0 Å². The number of hydrogen-bond acceptors (Lipinski definition) is 2. The zero-order valence-electron chi connectivity index (χ0n) is 7.96. The maximum absolute atomic E-state index is 5.71. The van der Waals surface area contributed by atoms with Gasteiger partial charge in [-0.15, -0.1) is 12.3 Å². The molecule has 72 valence electrons. The van der Waals surface area contributed by atoms with Crippen LogP contribution >= 0.6 is 0 Å². The predicted molar refractivity (Wildman–Crippen MR) is 52.3 cm³/mol. The van der Waals surface area contributed by atoms with Gasteiger partial charge >= 0.3 is 0 Å². The molecule has 2 nitrogen and oxygen atoms in total. The summed E-state index contributed by atoms with van der Waals surface area (Å²) in [4.78, 5) is 0. The number of ether oxygens (including phenoxy) is 1. The Morgan fingerprint density at radius 1 is 1.38 bits per heavy atom. The fraction of sp³-hybridized carbons (Fsp3) is 0.818. The second-order valence-corrected chi connectivity index (χ2v) is 3.98. The van der Waals surface area contributed by atoms with Gasteiger partial charge in [0.1, 0.15) is 0 Å². The molecule has 0 amide bonds. The number of terminal acetylenes is 1. The van der Waals surface area contributed by atoms with E-state index in [1.165, 1.54) is 12.8 Å². The van der Waals surface area contributed by atoms with Crippen LogP contribution in [0.4, 0.5) is 0 Å². The molecule has 0 aromatic heterocycles. The molecule has 2 heteroatoms. The van der Waals surface area contributed by atoms with Gasteiger partial charge in [0.25, 0.3) is 0 Å². The Morgan fingerprint density at radius 2 is 2.23 bits per heavy atom. The molecule has 1 heterocycles. The van der Waals surface area contributed by atoms with Crippen molar-refractivity contribution in [1.29, 1.82) is 0 Å². The van der Waals surface area contributed by atoms with E-state index in [2.05, 4.69) is 11.2 Å². The Labute approximate surface area is 80.0 Å². The van der Waals surface area contributed by atoms with E-state index in [0.29, 0.717) is 12.1 Å². The number of hydrogen-bond donors (Lipinski definition) is 1. The third kappa shape index (κ3) is 2.24. The van der Waals surface area contributed by atoms with Gasteiger partial charge in [-0.25, -0.2) is 0 Å². The fourth-order valence-corrected chi connectivity index (χ4v) is 2.05. The molecule has 2 aliphatic rings. The van der Waals surface area contributed by atoms with Gasteiger partial charge in [-0.05, 0) is 25.2 Å². The number of nitrogens with one attached hydrogen (secondary N) is 1. The molecule has 0 radical (unpaired) electrons. The average Bonchev–Trinajstić information content (AvgIpc) is 2.88. The lowest BCUT2D eigenvalue weighted by molar-refractivity contribution is 0.0813. The summed E-state index contributed by atoms with van der Waals surface area (Å²) in [6.07, 6.45) is 10.4. The molecule has 0 bridgehead atoms. The van der Waals surface area contributed by atoms with E-state index in [-0.39, 0.29) is 0 Å². The van der Waals surface area contributed by atoms with Gasteiger partial charge in [0.2, 0.25) is 0 Å². The van der Waals surface area contributed by atoms with Gasteiger partial charge in [0.05, 0.1) is 6.10 Å². The highest BCUT2D eigenvalue weighted by molar-refractivity contribution is 4.94. The third-order valence-electron chi connectivity index (χ3n) is 2.90. The van der Waals surface area contributed by atoms with Crippen LogP contribution in [-0.4, -0.2) is 25.3 Å². The summed E-state index contributed by atoms with van der Waals surface area (Å²) >= 11 is 0. The van der Waals surface area contributed by atoms with Gasteiger partial charge in [-0.2, -0.15) is 0 Å². The Morgan fingerprint density at radius 3 is 2.92 bits per heavy atom. The minimum absolute atomic E-state index is 0.484. The second kappa shape index (κ2) is 4.13. The van der Waals surface area contributed by atoms with Crippen molar-refractivity contribution in [2.45, 2.75) is 37.8 Å². The van der Waals surface area contributed by atoms with Crippen molar-refractivity contribution in [2.75, 3.05) is 13.2 Å². The lowest BCUT2D eigenvalue weighted by atomic mass is 10.1. The predicted octanol–water partition coefficient (Wildman–Crippen LogP) is 1.17. The normalized spacial score (nSPS) is 33.2. The molecular weight excluding hydrogens is 162 g/mol. The van der Waals surface area contributed by atoms with E-state index in [1.807, 2.05) is 0 Å². The van der Waals surface area contributed by atoms with E-state index in [1.54, 1.807) is 0 Å². The smallest absolute Gasteiger partial charge is 0.0756 e. The standard InChI is InChI=1S/C11H17NO/c1-2-3-7-12-10-6-8-13-11(10)9-4-5-9/h1,9-12H,3-8H2. The second-order valence-electron chi connectivity index (χ2n) is 3.98. The van der Waals surface area contributed by atoms with Crippen molar-refractivity contribution < 1.29 is 4.74 Å². The lowest BCUT2D eigenvalue weighted by Gasteiger charge is -2.18. The molecule has 2 rings (SSSR count). The zero-order chi connectivity index (χ0) is 9.10. The van der Waals surface area contributed by atoms with E-state index >= 15 is 0 Å². The SMILES string of the molecule is C#CCCNC1CCOC1C1CC1. The van der Waals surface area contributed by atoms with Crippen LogP contribution in [0.5, 0.6) is 0 Å². The van der Waals surface area contributed by atoms with Crippen LogP contribution in [0, 0.1) is 18.3 Å². The highest BCUT2D eigenvalue weighted by Gasteiger charge is 2.40. The molecular formula is C11H17NO. The third-order valence-corrected chi connectivity index (χ3v) is 2.90. The van der Waals surface area contributed by atoms with Crippen LogP contribution < -0.4 is 5.32 Å². The molecule has 2 unspecified atom stereocenters. The van der Waals surface area contributed by atoms with Gasteiger partial charge < -0.3 is 10.1 Å². The first-order chi connectivity index (χ1) is 6.42. The molecule has 2 fully saturated rings. The van der Waals surface area contributed by atoms with Crippen molar-refractivity contribution in [3.63, 3.8) is 0 Å². The van der Waals surface area contributed by atoms with Crippen molar-refractivity contribution in [3.8, 4) is 12.3 Å². The topological polar surface area (TPSA) is 21.3 Å². The van der Waals surface area contributed by atoms with Crippen LogP contribution in [0.2, 0.25) is 0 Å². The molecule has 1 aliphatic heterocycles. The summed E-state index contributed by atoms with van der Waals surface area (Å²) in [5.41, 5.74) is 0. The Bertz CT molecular complexity index is 205. The van der Waals surface area contributed by atoms with Gasteiger partial charge in [0, 0.05) is 25.6 Å². The monoisotopic (exact) mass is 179 g/mol. The summed E-state index contributed by atoms with van der Waals surface area (Å²) in [6, 6.07) is 0.570. The van der Waals surface area contributed by atoms with Crippen LogP contribution in [0.1, 0.15) is 25.7 Å². The first-order valence-electron chi connectivity index (χ1n) is 5.20. The van der Waals surface area contributed by atoms with E-state index in [0.717, 1.165) is 31.9 Å². The van der Waals surface area contributed by atoms with E-state index in [9.17, 15) is 0 Å². The van der Waals surface area contributed by atoms with Gasteiger partial charge in [0.15, 0.2) is 0 Å². The summed E-state index contributed by atoms with van der Waals surface area (Å²) in [5, 5.41) is 3.49. The molecule has 13 heavy (non-hydrogen) atoms. The van der Waals surface area contributed by atoms with Crippen LogP contribution in [-0.2, 0) is 4.74 Å². The number of rotatable bonds is 4. The summed E-state index contributed by atoms with van der Waals surface area (Å²) in [5.74, 6) is 3.49. The first-order valence-corrected chi connectivity index (χ1v) is 5.20. The maximum atomic E-state index is 5.71. The van der Waals surface area contributed by atoms with Crippen molar-refractivity contribution in [1.82, 2.24) is 5.32 Å². The van der Waals surface area contributed by atoms with E-state index < -0.39 is 0 Å². The van der Waals surface area contributed by atoms with Crippen molar-refractivity contribution in [2.24, 2.45) is 5.92 Å². The highest BCUT2D eigenvalue weighted by Crippen LogP contribution is 2.38. The van der Waals surface area contributed by atoms with Crippen LogP contribution in [0.15, 0.2) is 0 Å².